The number of H-pyrrole nitrogens is 1. The smallest absolute Gasteiger partial charge is 0.338 e. The van der Waals surface area contributed by atoms with Crippen molar-refractivity contribution in [2.75, 3.05) is 29.7 Å². The Labute approximate surface area is 162 Å². The molecule has 0 atom stereocenters. The Morgan fingerprint density at radius 2 is 2.19 bits per heavy atom. The van der Waals surface area contributed by atoms with Gasteiger partial charge in [0.2, 0.25) is 0 Å². The number of aromatic amines is 1. The molecule has 6 nitrogen and oxygen atoms in total. The average molecular weight is 382 g/mol. The summed E-state index contributed by atoms with van der Waals surface area (Å²) in [6, 6.07) is 13.2. The van der Waals surface area contributed by atoms with Gasteiger partial charge in [0.05, 0.1) is 16.9 Å². The summed E-state index contributed by atoms with van der Waals surface area (Å²) in [5, 5.41) is 3.30. The molecule has 3 aromatic rings. The molecule has 0 aliphatic heterocycles. The second kappa shape index (κ2) is 9.14. The van der Waals surface area contributed by atoms with E-state index in [1.54, 1.807) is 36.2 Å². The number of nitrogens with two attached hydrogens (primary N) is 1. The van der Waals surface area contributed by atoms with Crippen LogP contribution in [0.5, 0.6) is 0 Å². The van der Waals surface area contributed by atoms with Crippen LogP contribution < -0.4 is 11.1 Å². The number of imidazole rings is 1. The van der Waals surface area contributed by atoms with Crippen LogP contribution in [0, 0.1) is 0 Å². The normalized spacial score (nSPS) is 10.6. The number of carbonyl (C=O) groups is 1. The molecule has 3 rings (SSSR count). The van der Waals surface area contributed by atoms with Crippen LogP contribution in [0.4, 0.5) is 17.1 Å². The van der Waals surface area contributed by atoms with Crippen molar-refractivity contribution in [3.8, 4) is 0 Å². The van der Waals surface area contributed by atoms with E-state index in [9.17, 15) is 4.79 Å². The number of hydrogen-bond donors (Lipinski definition) is 3. The van der Waals surface area contributed by atoms with Gasteiger partial charge < -0.3 is 20.8 Å². The van der Waals surface area contributed by atoms with E-state index in [0.29, 0.717) is 17.9 Å². The number of rotatable bonds is 8. The number of benzene rings is 2. The van der Waals surface area contributed by atoms with Gasteiger partial charge in [0, 0.05) is 30.3 Å². The number of nitrogen functional groups attached to an aromatic ring is 1. The molecule has 4 N–H and O–H groups in total. The second-order valence-corrected chi connectivity index (χ2v) is 6.95. The average Bonchev–Trinajstić information content (AvgIpc) is 3.17. The van der Waals surface area contributed by atoms with Crippen molar-refractivity contribution in [1.82, 2.24) is 9.97 Å². The van der Waals surface area contributed by atoms with Crippen LogP contribution in [-0.4, -0.2) is 34.6 Å². The summed E-state index contributed by atoms with van der Waals surface area (Å²) < 4.78 is 5.20. The Morgan fingerprint density at radius 1 is 1.30 bits per heavy atom. The Bertz CT molecular complexity index is 897. The second-order valence-electron chi connectivity index (χ2n) is 5.97. The molecule has 0 amide bonds. The largest absolute Gasteiger partial charge is 0.461 e. The van der Waals surface area contributed by atoms with Crippen LogP contribution in [0.1, 0.15) is 21.7 Å². The standard InChI is InChI=1S/C20H22N4O2S/c1-27-10-9-26-20(25)15-5-6-18(17(21)13-15)24-16-4-2-3-14(11-16)12-19-22-7-8-23-19/h2-8,11,13,24H,9-10,12,21H2,1H3,(H,22,23). The fourth-order valence-corrected chi connectivity index (χ4v) is 2.86. The van der Waals surface area contributed by atoms with Gasteiger partial charge in [0.15, 0.2) is 0 Å². The molecule has 0 radical (unpaired) electrons. The van der Waals surface area contributed by atoms with Gasteiger partial charge in [-0.1, -0.05) is 12.1 Å². The molecule has 0 fully saturated rings. The lowest BCUT2D eigenvalue weighted by molar-refractivity contribution is 0.0530. The molecule has 0 aliphatic rings. The van der Waals surface area contributed by atoms with E-state index in [-0.39, 0.29) is 5.97 Å². The third-order valence-electron chi connectivity index (χ3n) is 3.94. The zero-order chi connectivity index (χ0) is 19.1. The predicted octanol–water partition coefficient (Wildman–Crippen LogP) is 3.85. The molecule has 0 spiro atoms. The highest BCUT2D eigenvalue weighted by Gasteiger charge is 2.10. The quantitative estimate of drug-likeness (QED) is 0.311. The van der Waals surface area contributed by atoms with Crippen LogP contribution in [0.2, 0.25) is 0 Å². The van der Waals surface area contributed by atoms with Crippen LogP contribution in [0.3, 0.4) is 0 Å². The minimum atomic E-state index is -0.359. The molecule has 2 aromatic carbocycles. The van der Waals surface area contributed by atoms with Crippen molar-refractivity contribution in [3.05, 3.63) is 71.8 Å². The van der Waals surface area contributed by atoms with Crippen molar-refractivity contribution in [2.24, 2.45) is 0 Å². The van der Waals surface area contributed by atoms with Crippen LogP contribution in [-0.2, 0) is 11.2 Å². The molecule has 0 saturated carbocycles. The first-order chi connectivity index (χ1) is 13.2. The summed E-state index contributed by atoms with van der Waals surface area (Å²) in [5.41, 5.74) is 9.85. The van der Waals surface area contributed by atoms with Gasteiger partial charge >= 0.3 is 5.97 Å². The zero-order valence-corrected chi connectivity index (χ0v) is 15.9. The molecule has 1 heterocycles. The van der Waals surface area contributed by atoms with Gasteiger partial charge in [0.25, 0.3) is 0 Å². The molecule has 0 unspecified atom stereocenters. The first kappa shape index (κ1) is 18.8. The molecule has 0 aliphatic carbocycles. The van der Waals surface area contributed by atoms with Crippen molar-refractivity contribution >= 4 is 34.8 Å². The first-order valence-corrected chi connectivity index (χ1v) is 9.95. The van der Waals surface area contributed by atoms with E-state index in [4.69, 9.17) is 10.5 Å². The van der Waals surface area contributed by atoms with E-state index in [1.165, 1.54) is 0 Å². The third kappa shape index (κ3) is 5.27. The monoisotopic (exact) mass is 382 g/mol. The van der Waals surface area contributed by atoms with E-state index >= 15 is 0 Å². The fourth-order valence-electron chi connectivity index (χ4n) is 2.61. The van der Waals surface area contributed by atoms with Gasteiger partial charge in [-0.25, -0.2) is 9.78 Å². The van der Waals surface area contributed by atoms with E-state index in [2.05, 4.69) is 15.3 Å². The summed E-state index contributed by atoms with van der Waals surface area (Å²) in [6.07, 6.45) is 6.24. The number of hydrogen-bond acceptors (Lipinski definition) is 6. The molecular weight excluding hydrogens is 360 g/mol. The SMILES string of the molecule is CSCCOC(=O)c1ccc(Nc2cccc(Cc3ncc[nH]3)c2)c(N)c1. The van der Waals surface area contributed by atoms with E-state index < -0.39 is 0 Å². The summed E-state index contributed by atoms with van der Waals surface area (Å²) in [7, 11) is 0. The minimum Gasteiger partial charge on any atom is -0.461 e. The van der Waals surface area contributed by atoms with Crippen LogP contribution in [0.25, 0.3) is 0 Å². The fraction of sp³-hybridized carbons (Fsp3) is 0.200. The summed E-state index contributed by atoms with van der Waals surface area (Å²) in [5.74, 6) is 1.33. The lowest BCUT2D eigenvalue weighted by Gasteiger charge is -2.12. The maximum absolute atomic E-state index is 12.0. The number of nitrogens with one attached hydrogen (secondary N) is 2. The zero-order valence-electron chi connectivity index (χ0n) is 15.1. The summed E-state index contributed by atoms with van der Waals surface area (Å²) in [4.78, 5) is 19.4. The number of aromatic nitrogens is 2. The minimum absolute atomic E-state index is 0.359. The van der Waals surface area contributed by atoms with Gasteiger partial charge in [-0.2, -0.15) is 11.8 Å². The Balaban J connectivity index is 1.68. The van der Waals surface area contributed by atoms with Crippen molar-refractivity contribution in [3.63, 3.8) is 0 Å². The highest BCUT2D eigenvalue weighted by molar-refractivity contribution is 7.98. The van der Waals surface area contributed by atoms with E-state index in [1.807, 2.05) is 36.7 Å². The highest BCUT2D eigenvalue weighted by atomic mass is 32.2. The number of anilines is 3. The number of carbonyl (C=O) groups excluding carboxylic acids is 1. The Hall–Kier alpha value is -2.93. The topological polar surface area (TPSA) is 93.0 Å². The number of thioether (sulfide) groups is 1. The maximum atomic E-state index is 12.0. The van der Waals surface area contributed by atoms with Gasteiger partial charge in [-0.15, -0.1) is 0 Å². The third-order valence-corrected chi connectivity index (χ3v) is 4.52. The molecule has 27 heavy (non-hydrogen) atoms. The van der Waals surface area contributed by atoms with E-state index in [0.717, 1.165) is 34.9 Å². The highest BCUT2D eigenvalue weighted by Crippen LogP contribution is 2.25. The molecule has 1 aromatic heterocycles. The lowest BCUT2D eigenvalue weighted by Crippen LogP contribution is -2.08. The summed E-state index contributed by atoms with van der Waals surface area (Å²) in [6.45, 7) is 0.391. The lowest BCUT2D eigenvalue weighted by atomic mass is 10.1. The number of nitrogens with zero attached hydrogens (tertiary/aromatic N) is 1. The van der Waals surface area contributed by atoms with Crippen LogP contribution in [0.15, 0.2) is 54.9 Å². The van der Waals surface area contributed by atoms with Crippen molar-refractivity contribution in [2.45, 2.75) is 6.42 Å². The number of esters is 1. The predicted molar refractivity (Wildman–Crippen MR) is 111 cm³/mol. The first-order valence-electron chi connectivity index (χ1n) is 8.55. The maximum Gasteiger partial charge on any atom is 0.338 e. The Morgan fingerprint density at radius 3 is 2.93 bits per heavy atom. The van der Waals surface area contributed by atoms with Gasteiger partial charge in [0.1, 0.15) is 12.4 Å². The van der Waals surface area contributed by atoms with Crippen molar-refractivity contribution in [1.29, 1.82) is 0 Å². The van der Waals surface area contributed by atoms with Gasteiger partial charge in [-0.05, 0) is 42.2 Å². The molecule has 0 saturated heterocycles. The molecule has 140 valence electrons. The number of ether oxygens (including phenoxy) is 1. The molecule has 7 heteroatoms. The summed E-state index contributed by atoms with van der Waals surface area (Å²) >= 11 is 1.63. The van der Waals surface area contributed by atoms with Crippen LogP contribution >= 0.6 is 11.8 Å². The Kier molecular flexibility index (Phi) is 6.38. The molecule has 0 bridgehead atoms. The van der Waals surface area contributed by atoms with Crippen molar-refractivity contribution < 1.29 is 9.53 Å². The van der Waals surface area contributed by atoms with Gasteiger partial charge in [-0.3, -0.25) is 0 Å². The molecular formula is C20H22N4O2S.